The Balaban J connectivity index is 2.99. The summed E-state index contributed by atoms with van der Waals surface area (Å²) in [5.41, 5.74) is 8.23. The summed E-state index contributed by atoms with van der Waals surface area (Å²) in [7, 11) is 0. The van der Waals surface area contributed by atoms with E-state index in [9.17, 15) is 0 Å². The van der Waals surface area contributed by atoms with Crippen LogP contribution in [0.1, 0.15) is 33.3 Å². The topological polar surface area (TPSA) is 44.5 Å². The van der Waals surface area contributed by atoms with Crippen LogP contribution in [0.25, 0.3) is 0 Å². The van der Waals surface area contributed by atoms with Gasteiger partial charge in [-0.05, 0) is 73.8 Å². The minimum atomic E-state index is 0.119. The molecule has 0 aliphatic heterocycles. The summed E-state index contributed by atoms with van der Waals surface area (Å²) in [4.78, 5) is 0. The summed E-state index contributed by atoms with van der Waals surface area (Å²) in [6.07, 6.45) is 2.85. The first-order valence-corrected chi connectivity index (χ1v) is 7.70. The maximum Gasteiger partial charge on any atom is 0.175 e. The van der Waals surface area contributed by atoms with Gasteiger partial charge in [0, 0.05) is 6.04 Å². The summed E-state index contributed by atoms with van der Waals surface area (Å²) >= 11 is 3.56. The number of nitrogens with two attached hydrogens (primary N) is 1. The second-order valence-corrected chi connectivity index (χ2v) is 5.97. The standard InChI is InChI=1S/C16H24BrNO2/c1-5-19-15-10-13(8-12(4)18)9-14(17)16(15)20-7-6-11(2)3/h6,9-10,12H,5,7-8,18H2,1-4H3. The number of benzene rings is 1. The second kappa shape index (κ2) is 8.32. The molecule has 0 amide bonds. The van der Waals surface area contributed by atoms with E-state index in [4.69, 9.17) is 15.2 Å². The number of halogens is 1. The molecule has 3 nitrogen and oxygen atoms in total. The number of rotatable bonds is 7. The van der Waals surface area contributed by atoms with Crippen molar-refractivity contribution in [3.8, 4) is 11.5 Å². The minimum Gasteiger partial charge on any atom is -0.490 e. The molecule has 1 rings (SSSR count). The smallest absolute Gasteiger partial charge is 0.175 e. The maximum atomic E-state index is 5.85. The molecule has 0 aliphatic carbocycles. The lowest BCUT2D eigenvalue weighted by Gasteiger charge is -2.15. The summed E-state index contributed by atoms with van der Waals surface area (Å²) in [5.74, 6) is 1.51. The molecule has 112 valence electrons. The predicted molar refractivity (Wildman–Crippen MR) is 87.6 cm³/mol. The molecule has 1 aromatic rings. The molecular formula is C16H24BrNO2. The van der Waals surface area contributed by atoms with Crippen molar-refractivity contribution in [2.24, 2.45) is 5.73 Å². The average Bonchev–Trinajstić information content (AvgIpc) is 2.31. The molecule has 0 radical (unpaired) electrons. The van der Waals surface area contributed by atoms with Gasteiger partial charge in [-0.1, -0.05) is 5.57 Å². The van der Waals surface area contributed by atoms with Crippen LogP contribution in [-0.2, 0) is 6.42 Å². The van der Waals surface area contributed by atoms with Crippen molar-refractivity contribution in [3.63, 3.8) is 0 Å². The first-order chi connectivity index (χ1) is 9.43. The monoisotopic (exact) mass is 341 g/mol. The van der Waals surface area contributed by atoms with Gasteiger partial charge in [-0.2, -0.15) is 0 Å². The van der Waals surface area contributed by atoms with Crippen molar-refractivity contribution in [2.75, 3.05) is 13.2 Å². The third-order valence-corrected chi connectivity index (χ3v) is 3.24. The molecule has 1 unspecified atom stereocenters. The Labute approximate surface area is 130 Å². The Hall–Kier alpha value is -1.00. The van der Waals surface area contributed by atoms with Gasteiger partial charge in [-0.15, -0.1) is 0 Å². The largest absolute Gasteiger partial charge is 0.490 e. The van der Waals surface area contributed by atoms with E-state index in [1.165, 1.54) is 5.57 Å². The molecule has 20 heavy (non-hydrogen) atoms. The van der Waals surface area contributed by atoms with Crippen LogP contribution in [0.2, 0.25) is 0 Å². The van der Waals surface area contributed by atoms with E-state index < -0.39 is 0 Å². The van der Waals surface area contributed by atoms with E-state index >= 15 is 0 Å². The van der Waals surface area contributed by atoms with Gasteiger partial charge in [0.15, 0.2) is 11.5 Å². The van der Waals surface area contributed by atoms with Crippen LogP contribution < -0.4 is 15.2 Å². The van der Waals surface area contributed by atoms with Gasteiger partial charge >= 0.3 is 0 Å². The lowest BCUT2D eigenvalue weighted by molar-refractivity contribution is 0.294. The van der Waals surface area contributed by atoms with Crippen molar-refractivity contribution in [2.45, 2.75) is 40.2 Å². The Morgan fingerprint density at radius 2 is 2.05 bits per heavy atom. The zero-order valence-electron chi connectivity index (χ0n) is 12.7. The van der Waals surface area contributed by atoms with Crippen molar-refractivity contribution < 1.29 is 9.47 Å². The normalized spacial score (nSPS) is 11.9. The van der Waals surface area contributed by atoms with Crippen LogP contribution in [0.3, 0.4) is 0 Å². The first kappa shape index (κ1) is 17.1. The Bertz CT molecular complexity index is 466. The molecule has 2 N–H and O–H groups in total. The van der Waals surface area contributed by atoms with Gasteiger partial charge in [-0.25, -0.2) is 0 Å². The average molecular weight is 342 g/mol. The Morgan fingerprint density at radius 1 is 1.35 bits per heavy atom. The molecule has 0 saturated carbocycles. The fourth-order valence-corrected chi connectivity index (χ4v) is 2.41. The highest BCUT2D eigenvalue weighted by atomic mass is 79.9. The zero-order valence-corrected chi connectivity index (χ0v) is 14.3. The number of allylic oxidation sites excluding steroid dienone is 1. The number of hydrogen-bond acceptors (Lipinski definition) is 3. The molecular weight excluding hydrogens is 318 g/mol. The number of ether oxygens (including phenoxy) is 2. The first-order valence-electron chi connectivity index (χ1n) is 6.91. The molecule has 0 bridgehead atoms. The van der Waals surface area contributed by atoms with Crippen molar-refractivity contribution in [3.05, 3.63) is 33.8 Å². The van der Waals surface area contributed by atoms with Crippen LogP contribution in [-0.4, -0.2) is 19.3 Å². The second-order valence-electron chi connectivity index (χ2n) is 5.11. The fourth-order valence-electron chi connectivity index (χ4n) is 1.81. The van der Waals surface area contributed by atoms with Crippen LogP contribution in [0.4, 0.5) is 0 Å². The van der Waals surface area contributed by atoms with E-state index in [1.54, 1.807) is 0 Å². The third-order valence-electron chi connectivity index (χ3n) is 2.65. The van der Waals surface area contributed by atoms with Crippen molar-refractivity contribution in [1.29, 1.82) is 0 Å². The molecule has 0 aliphatic rings. The molecule has 0 heterocycles. The zero-order chi connectivity index (χ0) is 15.1. The van der Waals surface area contributed by atoms with Crippen LogP contribution in [0.5, 0.6) is 11.5 Å². The SMILES string of the molecule is CCOc1cc(CC(C)N)cc(Br)c1OCC=C(C)C. The van der Waals surface area contributed by atoms with Gasteiger partial charge in [0.2, 0.25) is 0 Å². The van der Waals surface area contributed by atoms with E-state index in [0.29, 0.717) is 13.2 Å². The van der Waals surface area contributed by atoms with Crippen molar-refractivity contribution >= 4 is 15.9 Å². The molecule has 4 heteroatoms. The Morgan fingerprint density at radius 3 is 2.60 bits per heavy atom. The van der Waals surface area contributed by atoms with Gasteiger partial charge < -0.3 is 15.2 Å². The van der Waals surface area contributed by atoms with Gasteiger partial charge in [0.1, 0.15) is 6.61 Å². The van der Waals surface area contributed by atoms with Crippen LogP contribution in [0.15, 0.2) is 28.3 Å². The van der Waals surface area contributed by atoms with E-state index in [1.807, 2.05) is 45.9 Å². The quantitative estimate of drug-likeness (QED) is 0.760. The molecule has 0 aromatic heterocycles. The van der Waals surface area contributed by atoms with Crippen LogP contribution >= 0.6 is 15.9 Å². The number of hydrogen-bond donors (Lipinski definition) is 1. The lowest BCUT2D eigenvalue weighted by Crippen LogP contribution is -2.17. The summed E-state index contributed by atoms with van der Waals surface area (Å²) in [5, 5.41) is 0. The van der Waals surface area contributed by atoms with Crippen molar-refractivity contribution in [1.82, 2.24) is 0 Å². The Kier molecular flexibility index (Phi) is 7.10. The van der Waals surface area contributed by atoms with Crippen LogP contribution in [0, 0.1) is 0 Å². The van der Waals surface area contributed by atoms with E-state index in [0.717, 1.165) is 28.0 Å². The highest BCUT2D eigenvalue weighted by Crippen LogP contribution is 2.37. The molecule has 0 saturated heterocycles. The predicted octanol–water partition coefficient (Wildman–Crippen LogP) is 4.08. The van der Waals surface area contributed by atoms with E-state index in [2.05, 4.69) is 15.9 Å². The van der Waals surface area contributed by atoms with Gasteiger partial charge in [0.25, 0.3) is 0 Å². The molecule has 1 aromatic carbocycles. The van der Waals surface area contributed by atoms with Gasteiger partial charge in [0.05, 0.1) is 11.1 Å². The minimum absolute atomic E-state index is 0.119. The maximum absolute atomic E-state index is 5.85. The summed E-state index contributed by atoms with van der Waals surface area (Å²) in [6.45, 7) is 9.20. The summed E-state index contributed by atoms with van der Waals surface area (Å²) < 4.78 is 12.4. The molecule has 0 spiro atoms. The lowest BCUT2D eigenvalue weighted by atomic mass is 10.1. The highest BCUT2D eigenvalue weighted by molar-refractivity contribution is 9.10. The third kappa shape index (κ3) is 5.55. The molecule has 0 fully saturated rings. The summed E-state index contributed by atoms with van der Waals surface area (Å²) in [6, 6.07) is 4.17. The fraction of sp³-hybridized carbons (Fsp3) is 0.500. The highest BCUT2D eigenvalue weighted by Gasteiger charge is 2.12. The van der Waals surface area contributed by atoms with Gasteiger partial charge in [-0.3, -0.25) is 0 Å². The van der Waals surface area contributed by atoms with E-state index in [-0.39, 0.29) is 6.04 Å². The molecule has 1 atom stereocenters.